The molecule has 8 heteroatoms. The van der Waals surface area contributed by atoms with E-state index in [-0.39, 0.29) is 10.7 Å². The Labute approximate surface area is 170 Å². The zero-order valence-electron chi connectivity index (χ0n) is 16.7. The molecule has 0 bridgehead atoms. The molecule has 0 amide bonds. The highest BCUT2D eigenvalue weighted by Crippen LogP contribution is 2.50. The first-order valence-electron chi connectivity index (χ1n) is 10.1. The van der Waals surface area contributed by atoms with E-state index in [9.17, 15) is 8.42 Å². The van der Waals surface area contributed by atoms with Gasteiger partial charge in [-0.05, 0) is 44.4 Å². The third kappa shape index (κ3) is 2.77. The molecule has 29 heavy (non-hydrogen) atoms. The fourth-order valence-corrected chi connectivity index (χ4v) is 6.08. The lowest BCUT2D eigenvalue weighted by Gasteiger charge is -2.39. The fourth-order valence-electron chi connectivity index (χ4n) is 4.79. The van der Waals surface area contributed by atoms with Crippen molar-refractivity contribution in [2.24, 2.45) is 0 Å². The van der Waals surface area contributed by atoms with Crippen LogP contribution in [0.15, 0.2) is 42.9 Å². The first-order chi connectivity index (χ1) is 13.9. The van der Waals surface area contributed by atoms with E-state index in [1.807, 2.05) is 12.3 Å². The van der Waals surface area contributed by atoms with Gasteiger partial charge in [0.25, 0.3) is 0 Å². The van der Waals surface area contributed by atoms with E-state index in [1.54, 1.807) is 24.5 Å². The normalized spacial score (nSPS) is 19.3. The molecule has 152 valence electrons. The molecule has 3 aromatic rings. The number of para-hydroxylation sites is 1. The second-order valence-electron chi connectivity index (χ2n) is 8.31. The number of H-pyrrole nitrogens is 1. The van der Waals surface area contributed by atoms with Crippen LogP contribution in [0.25, 0.3) is 11.0 Å². The zero-order valence-corrected chi connectivity index (χ0v) is 17.5. The van der Waals surface area contributed by atoms with Gasteiger partial charge in [-0.15, -0.1) is 0 Å². The maximum atomic E-state index is 12.6. The van der Waals surface area contributed by atoms with Gasteiger partial charge in [0.2, 0.25) is 10.0 Å². The van der Waals surface area contributed by atoms with Crippen LogP contribution in [0.5, 0.6) is 0 Å². The van der Waals surface area contributed by atoms with E-state index >= 15 is 0 Å². The van der Waals surface area contributed by atoms with E-state index in [2.05, 4.69) is 44.1 Å². The molecule has 0 unspecified atom stereocenters. The molecule has 4 heterocycles. The van der Waals surface area contributed by atoms with Gasteiger partial charge in [0.1, 0.15) is 17.8 Å². The van der Waals surface area contributed by atoms with Gasteiger partial charge in [-0.25, -0.2) is 22.7 Å². The number of nitrogens with one attached hydrogen (secondary N) is 1. The molecule has 1 saturated heterocycles. The molecule has 2 aliphatic heterocycles. The number of anilines is 2. The van der Waals surface area contributed by atoms with E-state index < -0.39 is 10.0 Å². The van der Waals surface area contributed by atoms with E-state index in [1.165, 1.54) is 5.56 Å². The highest BCUT2D eigenvalue weighted by atomic mass is 32.2. The van der Waals surface area contributed by atoms with Crippen molar-refractivity contribution in [3.63, 3.8) is 0 Å². The van der Waals surface area contributed by atoms with Crippen LogP contribution < -0.4 is 4.90 Å². The second-order valence-corrected chi connectivity index (χ2v) is 10.8. The second kappa shape index (κ2) is 6.53. The minimum absolute atomic E-state index is 0.0623. The number of nitrogens with zero attached hydrogens (tertiary/aromatic N) is 4. The number of aromatic amines is 1. The molecule has 2 aromatic heterocycles. The number of benzene rings is 1. The first-order valence-corrected chi connectivity index (χ1v) is 11.6. The minimum atomic E-state index is -3.22. The smallest absolute Gasteiger partial charge is 0.216 e. The standard InChI is InChI=1S/C21H25N5O2S/c1-15(2)29(27,28)25-11-8-21(9-12-25)13-26(18-6-4-3-5-17(18)21)20-16-7-10-22-19(16)23-14-24-20/h3-7,10,14-15H,8-9,11-13H2,1-2H3,(H,22,23,24). The van der Waals surface area contributed by atoms with Crippen LogP contribution in [0.1, 0.15) is 32.3 Å². The Bertz CT molecular complexity index is 1160. The summed E-state index contributed by atoms with van der Waals surface area (Å²) in [4.78, 5) is 14.4. The van der Waals surface area contributed by atoms with Gasteiger partial charge in [0.15, 0.2) is 0 Å². The number of piperidine rings is 1. The van der Waals surface area contributed by atoms with Crippen molar-refractivity contribution >= 4 is 32.6 Å². The van der Waals surface area contributed by atoms with Gasteiger partial charge in [0.05, 0.1) is 10.6 Å². The fraction of sp³-hybridized carbons (Fsp3) is 0.429. The molecule has 7 nitrogen and oxygen atoms in total. The van der Waals surface area contributed by atoms with Crippen LogP contribution in [0, 0.1) is 0 Å². The average Bonchev–Trinajstić information content (AvgIpc) is 3.32. The predicted octanol–water partition coefficient (Wildman–Crippen LogP) is 3.18. The molecule has 2 aliphatic rings. The Hall–Kier alpha value is -2.45. The Balaban J connectivity index is 1.52. The molecule has 0 atom stereocenters. The Kier molecular flexibility index (Phi) is 4.18. The van der Waals surface area contributed by atoms with Crippen molar-refractivity contribution in [3.8, 4) is 0 Å². The Morgan fingerprint density at radius 3 is 2.62 bits per heavy atom. The third-order valence-corrected chi connectivity index (χ3v) is 8.73. The number of hydrogen-bond donors (Lipinski definition) is 1. The Morgan fingerprint density at radius 1 is 1.10 bits per heavy atom. The SMILES string of the molecule is CC(C)S(=O)(=O)N1CCC2(CC1)CN(c1ncnc3[nH]ccc13)c1ccccc12. The number of aromatic nitrogens is 3. The van der Waals surface area contributed by atoms with Gasteiger partial charge in [-0.1, -0.05) is 18.2 Å². The quantitative estimate of drug-likeness (QED) is 0.716. The molecule has 1 fully saturated rings. The van der Waals surface area contributed by atoms with Crippen molar-refractivity contribution in [1.82, 2.24) is 19.3 Å². The minimum Gasteiger partial charge on any atom is -0.346 e. The molecule has 5 rings (SSSR count). The number of hydrogen-bond acceptors (Lipinski definition) is 5. The van der Waals surface area contributed by atoms with Crippen molar-refractivity contribution in [3.05, 3.63) is 48.4 Å². The van der Waals surface area contributed by atoms with Crippen molar-refractivity contribution in [2.75, 3.05) is 24.5 Å². The van der Waals surface area contributed by atoms with Crippen LogP contribution in [0.3, 0.4) is 0 Å². The monoisotopic (exact) mass is 411 g/mol. The Morgan fingerprint density at radius 2 is 1.86 bits per heavy atom. The summed E-state index contributed by atoms with van der Waals surface area (Å²) in [6.45, 7) is 5.43. The van der Waals surface area contributed by atoms with Crippen molar-refractivity contribution in [2.45, 2.75) is 37.4 Å². The summed E-state index contributed by atoms with van der Waals surface area (Å²) in [6, 6.07) is 10.5. The molecule has 1 aromatic carbocycles. The average molecular weight is 412 g/mol. The maximum Gasteiger partial charge on any atom is 0.216 e. The lowest BCUT2D eigenvalue weighted by molar-refractivity contribution is 0.245. The van der Waals surface area contributed by atoms with E-state index in [0.29, 0.717) is 13.1 Å². The summed E-state index contributed by atoms with van der Waals surface area (Å²) in [6.07, 6.45) is 5.11. The summed E-state index contributed by atoms with van der Waals surface area (Å²) in [5.74, 6) is 0.901. The topological polar surface area (TPSA) is 82.2 Å². The summed E-state index contributed by atoms with van der Waals surface area (Å²) in [5.41, 5.74) is 3.22. The van der Waals surface area contributed by atoms with Crippen LogP contribution in [0.2, 0.25) is 0 Å². The molecule has 0 aliphatic carbocycles. The van der Waals surface area contributed by atoms with Crippen LogP contribution in [-0.2, 0) is 15.4 Å². The van der Waals surface area contributed by atoms with E-state index in [0.717, 1.165) is 41.9 Å². The van der Waals surface area contributed by atoms with Crippen molar-refractivity contribution in [1.29, 1.82) is 0 Å². The highest BCUT2D eigenvalue weighted by Gasteiger charge is 2.47. The number of sulfonamides is 1. The third-order valence-electron chi connectivity index (χ3n) is 6.45. The predicted molar refractivity (Wildman–Crippen MR) is 114 cm³/mol. The van der Waals surface area contributed by atoms with E-state index in [4.69, 9.17) is 0 Å². The first kappa shape index (κ1) is 18.6. The summed E-state index contributed by atoms with van der Waals surface area (Å²) in [5, 5.41) is 0.617. The summed E-state index contributed by atoms with van der Waals surface area (Å²) >= 11 is 0. The van der Waals surface area contributed by atoms with Crippen LogP contribution in [0.4, 0.5) is 11.5 Å². The molecular weight excluding hydrogens is 386 g/mol. The van der Waals surface area contributed by atoms with Gasteiger partial charge in [-0.3, -0.25) is 0 Å². The van der Waals surface area contributed by atoms with Crippen LogP contribution in [-0.4, -0.2) is 52.6 Å². The molecule has 1 spiro atoms. The zero-order chi connectivity index (χ0) is 20.2. The highest BCUT2D eigenvalue weighted by molar-refractivity contribution is 7.89. The number of rotatable bonds is 3. The van der Waals surface area contributed by atoms with Gasteiger partial charge >= 0.3 is 0 Å². The molecule has 1 N–H and O–H groups in total. The molecule has 0 radical (unpaired) electrons. The van der Waals surface area contributed by atoms with Gasteiger partial charge in [-0.2, -0.15) is 0 Å². The molecular formula is C21H25N5O2S. The molecule has 0 saturated carbocycles. The maximum absolute atomic E-state index is 12.6. The van der Waals surface area contributed by atoms with Gasteiger partial charge in [0, 0.05) is 36.9 Å². The van der Waals surface area contributed by atoms with Gasteiger partial charge < -0.3 is 9.88 Å². The summed E-state index contributed by atoms with van der Waals surface area (Å²) in [7, 11) is -3.22. The van der Waals surface area contributed by atoms with Crippen LogP contribution >= 0.6 is 0 Å². The number of fused-ring (bicyclic) bond motifs is 3. The largest absolute Gasteiger partial charge is 0.346 e. The van der Waals surface area contributed by atoms with Crippen molar-refractivity contribution < 1.29 is 8.42 Å². The summed E-state index contributed by atoms with van der Waals surface area (Å²) < 4.78 is 26.9. The lowest BCUT2D eigenvalue weighted by Crippen LogP contribution is -2.48. The lowest BCUT2D eigenvalue weighted by atomic mass is 9.75.